The highest BCUT2D eigenvalue weighted by Gasteiger charge is 2.25. The molecule has 0 atom stereocenters. The van der Waals surface area contributed by atoms with Gasteiger partial charge in [-0.3, -0.25) is 0 Å². The first kappa shape index (κ1) is 14.1. The van der Waals surface area contributed by atoms with E-state index in [4.69, 9.17) is 0 Å². The van der Waals surface area contributed by atoms with Gasteiger partial charge in [0, 0.05) is 0 Å². The van der Waals surface area contributed by atoms with Crippen molar-refractivity contribution in [2.75, 3.05) is 0 Å². The molecule has 0 aliphatic rings. The zero-order valence-corrected chi connectivity index (χ0v) is 9.51. The molecule has 0 N–H and O–H groups in total. The maximum absolute atomic E-state index is 12.0. The minimum absolute atomic E-state index is 0.612. The van der Waals surface area contributed by atoms with E-state index in [-0.39, 0.29) is 0 Å². The smallest absolute Gasteiger partial charge is 0.163 e. The van der Waals surface area contributed by atoms with Crippen LogP contribution in [-0.4, -0.2) is 0 Å². The SMILES string of the molecule is FS[C](SF)C(SF)=C(SF)SF. The van der Waals surface area contributed by atoms with Gasteiger partial charge in [0.15, 0.2) is 4.58 Å². The van der Waals surface area contributed by atoms with E-state index in [0.29, 0.717) is 0 Å². The third kappa shape index (κ3) is 4.45. The van der Waals surface area contributed by atoms with E-state index in [0.717, 1.165) is 0 Å². The maximum Gasteiger partial charge on any atom is 0.192 e. The third-order valence-electron chi connectivity index (χ3n) is 0.728. The highest BCUT2D eigenvalue weighted by Crippen LogP contribution is 2.51. The molecule has 10 heteroatoms. The van der Waals surface area contributed by atoms with Crippen molar-refractivity contribution in [1.29, 1.82) is 0 Å². The number of hydrogen-bond acceptors (Lipinski definition) is 5. The fraction of sp³-hybridized carbons (Fsp3) is 0. The normalized spacial score (nSPS) is 10.6. The molecule has 0 rings (SSSR count). The van der Waals surface area contributed by atoms with E-state index in [9.17, 15) is 19.4 Å². The minimum atomic E-state index is -0.766. The second-order valence-electron chi connectivity index (χ2n) is 1.29. The zero-order valence-electron chi connectivity index (χ0n) is 5.43. The monoisotopic (exact) mass is 291 g/mol. The molecule has 0 spiro atoms. The lowest BCUT2D eigenvalue weighted by Gasteiger charge is -2.06. The number of hydrogen-bond donors (Lipinski definition) is 0. The molecule has 77 valence electrons. The van der Waals surface area contributed by atoms with E-state index in [1.54, 1.807) is 0 Å². The number of rotatable bonds is 6. The highest BCUT2D eigenvalue weighted by atomic mass is 32.2. The summed E-state index contributed by atoms with van der Waals surface area (Å²) in [5.74, 6) is 0. The van der Waals surface area contributed by atoms with E-state index in [1.165, 1.54) is 0 Å². The Morgan fingerprint density at radius 1 is 0.615 bits per heavy atom. The molecule has 0 saturated carbocycles. The lowest BCUT2D eigenvalue weighted by atomic mass is 10.7. The van der Waals surface area contributed by atoms with Crippen molar-refractivity contribution >= 4 is 60.7 Å². The van der Waals surface area contributed by atoms with E-state index in [2.05, 4.69) is 0 Å². The first-order valence-corrected chi connectivity index (χ1v) is 5.88. The summed E-state index contributed by atoms with van der Waals surface area (Å²) in [6.45, 7) is 0. The molecule has 0 unspecified atom stereocenters. The molecule has 0 aromatic rings. The van der Waals surface area contributed by atoms with Crippen LogP contribution in [0.1, 0.15) is 0 Å². The van der Waals surface area contributed by atoms with Crippen molar-refractivity contribution in [3.8, 4) is 0 Å². The van der Waals surface area contributed by atoms with Crippen LogP contribution in [0.3, 0.4) is 0 Å². The van der Waals surface area contributed by atoms with Gasteiger partial charge in [-0.15, -0.1) is 0 Å². The molecular weight excluding hydrogens is 291 g/mol. The lowest BCUT2D eigenvalue weighted by Crippen LogP contribution is -1.85. The molecule has 0 saturated heterocycles. The predicted molar refractivity (Wildman–Crippen MR) is 53.8 cm³/mol. The second kappa shape index (κ2) is 8.45. The largest absolute Gasteiger partial charge is 0.192 e. The Kier molecular flexibility index (Phi) is 9.19. The first-order valence-electron chi connectivity index (χ1n) is 2.29. The van der Waals surface area contributed by atoms with Gasteiger partial charge in [0.2, 0.25) is 0 Å². The minimum Gasteiger partial charge on any atom is -0.163 e. The van der Waals surface area contributed by atoms with Crippen molar-refractivity contribution in [2.45, 2.75) is 0 Å². The van der Waals surface area contributed by atoms with Crippen molar-refractivity contribution in [2.24, 2.45) is 0 Å². The molecule has 0 aromatic heterocycles. The van der Waals surface area contributed by atoms with Crippen LogP contribution in [0.25, 0.3) is 0 Å². The van der Waals surface area contributed by atoms with Gasteiger partial charge in [-0.1, -0.05) is 0 Å². The zero-order chi connectivity index (χ0) is 10.3. The van der Waals surface area contributed by atoms with Crippen molar-refractivity contribution < 1.29 is 19.4 Å². The Morgan fingerprint density at radius 3 is 1.31 bits per heavy atom. The third-order valence-corrected chi connectivity index (χ3v) is 3.94. The van der Waals surface area contributed by atoms with E-state index in [1.807, 2.05) is 0 Å². The molecule has 0 bridgehead atoms. The Bertz CT molecular complexity index is 164. The Labute approximate surface area is 93.7 Å². The van der Waals surface area contributed by atoms with Gasteiger partial charge in [0.25, 0.3) is 0 Å². The van der Waals surface area contributed by atoms with Crippen molar-refractivity contribution in [3.05, 3.63) is 13.7 Å². The van der Waals surface area contributed by atoms with Crippen LogP contribution in [-0.2, 0) is 0 Å². The Morgan fingerprint density at radius 2 is 1.08 bits per heavy atom. The van der Waals surface area contributed by atoms with Crippen LogP contribution in [0.2, 0.25) is 0 Å². The molecule has 0 fully saturated rings. The molecule has 0 nitrogen and oxygen atoms in total. The van der Waals surface area contributed by atoms with Crippen LogP contribution in [0.15, 0.2) is 9.14 Å². The molecule has 0 aliphatic carbocycles. The Balaban J connectivity index is 4.69. The second-order valence-corrected chi connectivity index (χ2v) is 4.62. The molecule has 0 heterocycles. The van der Waals surface area contributed by atoms with Gasteiger partial charge in [-0.2, -0.15) is 19.4 Å². The fourth-order valence-electron chi connectivity index (χ4n) is 0.310. The van der Waals surface area contributed by atoms with Crippen LogP contribution in [0.4, 0.5) is 19.4 Å². The maximum atomic E-state index is 12.0. The molecule has 1 radical (unpaired) electrons. The van der Waals surface area contributed by atoms with Crippen molar-refractivity contribution in [3.63, 3.8) is 0 Å². The molecule has 0 aromatic carbocycles. The average molecular weight is 291 g/mol. The molecule has 0 amide bonds. The van der Waals surface area contributed by atoms with Crippen LogP contribution in [0, 0.1) is 4.58 Å². The van der Waals surface area contributed by atoms with Gasteiger partial charge in [-0.25, -0.2) is 0 Å². The van der Waals surface area contributed by atoms with Gasteiger partial charge >= 0.3 is 0 Å². The van der Waals surface area contributed by atoms with Gasteiger partial charge < -0.3 is 0 Å². The summed E-state index contributed by atoms with van der Waals surface area (Å²) in [7, 11) is 0. The quantitative estimate of drug-likeness (QED) is 0.571. The summed E-state index contributed by atoms with van der Waals surface area (Å²) < 4.78 is 58.0. The van der Waals surface area contributed by atoms with Crippen molar-refractivity contribution in [1.82, 2.24) is 0 Å². The summed E-state index contributed by atoms with van der Waals surface area (Å²) >= 11 is -3.07. The lowest BCUT2D eigenvalue weighted by molar-refractivity contribution is 0.923. The van der Waals surface area contributed by atoms with Crippen LogP contribution < -0.4 is 0 Å². The summed E-state index contributed by atoms with van der Waals surface area (Å²) in [5.41, 5.74) is 0. The highest BCUT2D eigenvalue weighted by molar-refractivity contribution is 8.21. The van der Waals surface area contributed by atoms with Gasteiger partial charge in [0.1, 0.15) is 4.24 Å². The molecular formula is C3F5S5. The molecule has 0 aliphatic heterocycles. The van der Waals surface area contributed by atoms with E-state index >= 15 is 0 Å². The molecule has 13 heavy (non-hydrogen) atoms. The summed E-state index contributed by atoms with van der Waals surface area (Å²) in [6, 6.07) is 0. The standard InChI is InChI=1S/C3F5S5/c4-9-1(2(10-5)11-6)3(12-7)13-8. The summed E-state index contributed by atoms with van der Waals surface area (Å²) in [5, 5.41) is 0. The predicted octanol–water partition coefficient (Wildman–Crippen LogP) is 5.73. The first-order chi connectivity index (χ1) is 6.24. The Hall–Kier alpha value is 1.14. The average Bonchev–Trinajstić information content (AvgIpc) is 2.18. The summed E-state index contributed by atoms with van der Waals surface area (Å²) in [6.07, 6.45) is 0. The fourth-order valence-corrected chi connectivity index (χ4v) is 2.33. The van der Waals surface area contributed by atoms with Gasteiger partial charge in [0.05, 0.1) is 65.6 Å². The number of halogens is 5. The topological polar surface area (TPSA) is 0 Å². The van der Waals surface area contributed by atoms with Crippen LogP contribution in [0.5, 0.6) is 0 Å². The van der Waals surface area contributed by atoms with Gasteiger partial charge in [-0.05, 0) is 0 Å². The van der Waals surface area contributed by atoms with E-state index < -0.39 is 74.5 Å². The van der Waals surface area contributed by atoms with Crippen LogP contribution >= 0.6 is 60.7 Å². The summed E-state index contributed by atoms with van der Waals surface area (Å²) in [4.78, 5) is -0.736.